The van der Waals surface area contributed by atoms with Gasteiger partial charge in [0.1, 0.15) is 40.2 Å². The van der Waals surface area contributed by atoms with Crippen molar-refractivity contribution in [3.63, 3.8) is 0 Å². The van der Waals surface area contributed by atoms with Gasteiger partial charge in [-0.15, -0.1) is 0 Å². The molecule has 5 aromatic carbocycles. The van der Waals surface area contributed by atoms with Crippen LogP contribution in [0.25, 0.3) is 10.8 Å². The van der Waals surface area contributed by atoms with Crippen LogP contribution in [0.3, 0.4) is 0 Å². The van der Waals surface area contributed by atoms with Crippen LogP contribution >= 0.6 is 0 Å². The summed E-state index contributed by atoms with van der Waals surface area (Å²) >= 11 is 0. The highest BCUT2D eigenvalue weighted by Crippen LogP contribution is 2.37. The van der Waals surface area contributed by atoms with Gasteiger partial charge >= 0.3 is 0 Å². The molecule has 3 nitrogen and oxygen atoms in total. The zero-order valence-corrected chi connectivity index (χ0v) is 17.9. The molecule has 0 radical (unpaired) electrons. The Morgan fingerprint density at radius 2 is 1.06 bits per heavy atom. The van der Waals surface area contributed by atoms with E-state index >= 15 is 0 Å². The van der Waals surface area contributed by atoms with Crippen molar-refractivity contribution in [2.45, 2.75) is 0 Å². The first kappa shape index (κ1) is 21.3. The second-order valence-corrected chi connectivity index (χ2v) is 7.60. The predicted molar refractivity (Wildman–Crippen MR) is 127 cm³/mol. The number of halogens is 2. The van der Waals surface area contributed by atoms with Crippen molar-refractivity contribution in [2.75, 3.05) is 0 Å². The lowest BCUT2D eigenvalue weighted by atomic mass is 9.96. The largest absolute Gasteiger partial charge is 0.456 e. The molecule has 0 atom stereocenters. The Labute approximate surface area is 194 Å². The van der Waals surface area contributed by atoms with Gasteiger partial charge in [0.2, 0.25) is 5.78 Å². The van der Waals surface area contributed by atoms with Gasteiger partial charge in [0.25, 0.3) is 0 Å². The van der Waals surface area contributed by atoms with E-state index in [1.165, 1.54) is 48.5 Å². The Morgan fingerprint density at radius 3 is 1.65 bits per heavy atom. The Kier molecular flexibility index (Phi) is 5.75. The lowest BCUT2D eigenvalue weighted by molar-refractivity contribution is 0.103. The van der Waals surface area contributed by atoms with Crippen LogP contribution in [0, 0.1) is 11.6 Å². The normalized spacial score (nSPS) is 10.8. The molecule has 0 bridgehead atoms. The van der Waals surface area contributed by atoms with Gasteiger partial charge in [0.15, 0.2) is 0 Å². The number of ether oxygens (including phenoxy) is 2. The first-order valence-corrected chi connectivity index (χ1v) is 10.6. The maximum Gasteiger partial charge on any atom is 0.201 e. The molecule has 5 heteroatoms. The van der Waals surface area contributed by atoms with E-state index in [9.17, 15) is 13.6 Å². The first-order valence-electron chi connectivity index (χ1n) is 10.6. The fourth-order valence-electron chi connectivity index (χ4n) is 3.72. The summed E-state index contributed by atoms with van der Waals surface area (Å²) in [5, 5.41) is 1.71. The van der Waals surface area contributed by atoms with E-state index in [-0.39, 0.29) is 22.8 Å². The average Bonchev–Trinajstić information content (AvgIpc) is 2.86. The highest BCUT2D eigenvalue weighted by atomic mass is 19.1. The molecule has 0 aliphatic carbocycles. The lowest BCUT2D eigenvalue weighted by Crippen LogP contribution is -2.07. The van der Waals surface area contributed by atoms with Gasteiger partial charge in [-0.3, -0.25) is 4.79 Å². The summed E-state index contributed by atoms with van der Waals surface area (Å²) in [5.41, 5.74) is 0.685. The van der Waals surface area contributed by atoms with Gasteiger partial charge < -0.3 is 9.47 Å². The standard InChI is InChI=1S/C29H18F2O3/c30-20-11-15-22(16-12-20)33-26-9-4-10-27(34-23-17-13-21(31)14-18-23)28(26)29(32)25-8-3-6-19-5-1-2-7-24(19)25/h1-18H. The minimum Gasteiger partial charge on any atom is -0.456 e. The van der Waals surface area contributed by atoms with Crippen LogP contribution in [0.1, 0.15) is 15.9 Å². The van der Waals surface area contributed by atoms with Crippen molar-refractivity contribution in [1.82, 2.24) is 0 Å². The van der Waals surface area contributed by atoms with Crippen LogP contribution in [0.5, 0.6) is 23.0 Å². The first-order chi connectivity index (χ1) is 16.6. The number of benzene rings is 5. The fourth-order valence-corrected chi connectivity index (χ4v) is 3.72. The lowest BCUT2D eigenvalue weighted by Gasteiger charge is -2.16. The summed E-state index contributed by atoms with van der Waals surface area (Å²) < 4.78 is 38.7. The van der Waals surface area contributed by atoms with Crippen molar-refractivity contribution in [3.8, 4) is 23.0 Å². The fraction of sp³-hybridized carbons (Fsp3) is 0. The van der Waals surface area contributed by atoms with Gasteiger partial charge in [-0.2, -0.15) is 0 Å². The summed E-state index contributed by atoms with van der Waals surface area (Å²) in [6.07, 6.45) is 0. The second kappa shape index (κ2) is 9.16. The van der Waals surface area contributed by atoms with Crippen LogP contribution < -0.4 is 9.47 Å². The number of rotatable bonds is 6. The molecule has 0 aromatic heterocycles. The minimum atomic E-state index is -0.396. The Hall–Kier alpha value is -4.51. The van der Waals surface area contributed by atoms with Crippen LogP contribution in [0.4, 0.5) is 8.78 Å². The molecule has 166 valence electrons. The number of carbonyl (C=O) groups is 1. The predicted octanol–water partition coefficient (Wildman–Crippen LogP) is 7.93. The van der Waals surface area contributed by atoms with Crippen LogP contribution in [0.15, 0.2) is 109 Å². The summed E-state index contributed by atoms with van der Waals surface area (Å²) in [7, 11) is 0. The molecule has 0 heterocycles. The molecule has 34 heavy (non-hydrogen) atoms. The van der Waals surface area contributed by atoms with Crippen LogP contribution in [0.2, 0.25) is 0 Å². The molecule has 5 aromatic rings. The number of fused-ring (bicyclic) bond motifs is 1. The molecule has 0 aliphatic rings. The molecule has 0 aliphatic heterocycles. The number of hydrogen-bond acceptors (Lipinski definition) is 3. The molecule has 0 N–H and O–H groups in total. The third-order valence-electron chi connectivity index (χ3n) is 5.33. The molecule has 0 spiro atoms. The van der Waals surface area contributed by atoms with Crippen molar-refractivity contribution >= 4 is 16.6 Å². The van der Waals surface area contributed by atoms with Gasteiger partial charge in [0.05, 0.1) is 0 Å². The molecule has 0 unspecified atom stereocenters. The highest BCUT2D eigenvalue weighted by Gasteiger charge is 2.23. The molecular formula is C29H18F2O3. The van der Waals surface area contributed by atoms with Crippen molar-refractivity contribution in [1.29, 1.82) is 0 Å². The molecule has 0 amide bonds. The molecule has 5 rings (SSSR count). The highest BCUT2D eigenvalue weighted by molar-refractivity contribution is 6.18. The van der Waals surface area contributed by atoms with E-state index in [0.717, 1.165) is 10.8 Å². The quantitative estimate of drug-likeness (QED) is 0.245. The monoisotopic (exact) mass is 452 g/mol. The summed E-state index contributed by atoms with van der Waals surface area (Å²) in [5.74, 6) is 0.153. The van der Waals surface area contributed by atoms with Gasteiger partial charge in [-0.25, -0.2) is 8.78 Å². The van der Waals surface area contributed by atoms with Crippen LogP contribution in [-0.4, -0.2) is 5.78 Å². The average molecular weight is 452 g/mol. The summed E-state index contributed by atoms with van der Waals surface area (Å²) in [6.45, 7) is 0. The van der Waals surface area contributed by atoms with E-state index in [4.69, 9.17) is 9.47 Å². The number of carbonyl (C=O) groups excluding carboxylic acids is 1. The SMILES string of the molecule is O=C(c1c(Oc2ccc(F)cc2)cccc1Oc1ccc(F)cc1)c1cccc2ccccc12. The molecule has 0 saturated carbocycles. The Balaban J connectivity index is 1.64. The van der Waals surface area contributed by atoms with Crippen LogP contribution in [-0.2, 0) is 0 Å². The van der Waals surface area contributed by atoms with Crippen molar-refractivity contribution in [3.05, 3.63) is 132 Å². The molecule has 0 fully saturated rings. The van der Waals surface area contributed by atoms with Gasteiger partial charge in [0, 0.05) is 5.56 Å². The van der Waals surface area contributed by atoms with E-state index in [0.29, 0.717) is 17.1 Å². The maximum absolute atomic E-state index is 13.9. The van der Waals surface area contributed by atoms with E-state index in [1.54, 1.807) is 24.3 Å². The number of hydrogen-bond donors (Lipinski definition) is 0. The van der Waals surface area contributed by atoms with E-state index in [2.05, 4.69) is 0 Å². The van der Waals surface area contributed by atoms with E-state index in [1.807, 2.05) is 36.4 Å². The Morgan fingerprint density at radius 1 is 0.559 bits per heavy atom. The third kappa shape index (κ3) is 4.36. The third-order valence-corrected chi connectivity index (χ3v) is 5.33. The van der Waals surface area contributed by atoms with Crippen molar-refractivity contribution in [2.24, 2.45) is 0 Å². The summed E-state index contributed by atoms with van der Waals surface area (Å²) in [4.78, 5) is 13.9. The topological polar surface area (TPSA) is 35.5 Å². The molecular weight excluding hydrogens is 434 g/mol. The van der Waals surface area contributed by atoms with Crippen molar-refractivity contribution < 1.29 is 23.0 Å². The molecule has 0 saturated heterocycles. The smallest absolute Gasteiger partial charge is 0.201 e. The van der Waals surface area contributed by atoms with E-state index < -0.39 is 11.6 Å². The zero-order valence-electron chi connectivity index (χ0n) is 17.9. The second-order valence-electron chi connectivity index (χ2n) is 7.60. The summed E-state index contributed by atoms with van der Waals surface area (Å²) in [6, 6.07) is 29.1. The van der Waals surface area contributed by atoms with Gasteiger partial charge in [-0.05, 0) is 71.4 Å². The maximum atomic E-state index is 13.9. The van der Waals surface area contributed by atoms with Gasteiger partial charge in [-0.1, -0.05) is 48.5 Å². The minimum absolute atomic E-state index is 0.201. The zero-order chi connectivity index (χ0) is 23.5. The number of ketones is 1. The Bertz CT molecular complexity index is 1410.